The number of aromatic amines is 1. The quantitative estimate of drug-likeness (QED) is 0.664. The molecule has 2 aromatic heterocycles. The summed E-state index contributed by atoms with van der Waals surface area (Å²) in [6.07, 6.45) is 5.62. The van der Waals surface area contributed by atoms with Crippen molar-refractivity contribution >= 4 is 26.9 Å². The van der Waals surface area contributed by atoms with Gasteiger partial charge in [-0.05, 0) is 31.4 Å². The van der Waals surface area contributed by atoms with Crippen molar-refractivity contribution in [3.05, 3.63) is 48.4 Å². The number of amides is 1. The molecule has 0 unspecified atom stereocenters. The molecule has 0 spiro atoms. The second kappa shape index (κ2) is 8.28. The van der Waals surface area contributed by atoms with Crippen LogP contribution >= 0.6 is 0 Å². The van der Waals surface area contributed by atoms with Gasteiger partial charge in [0.2, 0.25) is 5.91 Å². The van der Waals surface area contributed by atoms with Gasteiger partial charge in [-0.3, -0.25) is 9.89 Å². The molecule has 1 aliphatic heterocycles. The van der Waals surface area contributed by atoms with E-state index in [1.165, 1.54) is 0 Å². The van der Waals surface area contributed by atoms with E-state index in [4.69, 9.17) is 0 Å². The first-order chi connectivity index (χ1) is 14.0. The molecular formula is C20H23N5O3S. The lowest BCUT2D eigenvalue weighted by molar-refractivity contribution is -0.132. The lowest BCUT2D eigenvalue weighted by atomic mass is 9.94. The Morgan fingerprint density at radius 3 is 2.79 bits per heavy atom. The molecule has 3 heterocycles. The number of hydrogen-bond acceptors (Lipinski definition) is 6. The third-order valence-corrected chi connectivity index (χ3v) is 7.12. The summed E-state index contributed by atoms with van der Waals surface area (Å²) in [7, 11) is -3.36. The molecule has 1 aromatic carbocycles. The molecule has 0 radical (unpaired) electrons. The summed E-state index contributed by atoms with van der Waals surface area (Å²) < 4.78 is 24.7. The maximum absolute atomic E-state index is 12.7. The van der Waals surface area contributed by atoms with Crippen molar-refractivity contribution in [2.75, 3.05) is 18.8 Å². The van der Waals surface area contributed by atoms with E-state index < -0.39 is 9.84 Å². The van der Waals surface area contributed by atoms with E-state index in [-0.39, 0.29) is 24.0 Å². The standard InChI is InChI=1S/C20H23N5O3S/c26-17(9-5-13-29(27,28)16-7-2-1-3-8-16)25-12-4-6-15(14-25)18-19-20(24-23-18)22-11-10-21-19/h1-3,7-8,10-11,15H,4-6,9,12-14H2,(H,22,23,24)/t15-/m1/s1. The van der Waals surface area contributed by atoms with E-state index in [2.05, 4.69) is 20.2 Å². The number of aromatic nitrogens is 4. The number of nitrogens with one attached hydrogen (secondary N) is 1. The summed E-state index contributed by atoms with van der Waals surface area (Å²) >= 11 is 0. The third-order valence-electron chi connectivity index (χ3n) is 5.30. The zero-order valence-corrected chi connectivity index (χ0v) is 16.8. The molecule has 1 N–H and O–H groups in total. The normalized spacial score (nSPS) is 17.5. The zero-order chi connectivity index (χ0) is 20.3. The number of H-pyrrole nitrogens is 1. The summed E-state index contributed by atoms with van der Waals surface area (Å²) in [6, 6.07) is 8.36. The number of sulfone groups is 1. The molecular weight excluding hydrogens is 390 g/mol. The van der Waals surface area contributed by atoms with Crippen LogP contribution in [0.4, 0.5) is 0 Å². The number of benzene rings is 1. The van der Waals surface area contributed by atoms with Gasteiger partial charge >= 0.3 is 0 Å². The van der Waals surface area contributed by atoms with Crippen LogP contribution in [-0.4, -0.2) is 58.2 Å². The number of nitrogens with zero attached hydrogens (tertiary/aromatic N) is 4. The Morgan fingerprint density at radius 1 is 1.17 bits per heavy atom. The van der Waals surface area contributed by atoms with Gasteiger partial charge in [0.1, 0.15) is 5.52 Å². The number of rotatable bonds is 6. The third kappa shape index (κ3) is 4.29. The van der Waals surface area contributed by atoms with Crippen LogP contribution in [0.2, 0.25) is 0 Å². The molecule has 1 fully saturated rings. The molecule has 3 aromatic rings. The van der Waals surface area contributed by atoms with Gasteiger partial charge in [0.05, 0.1) is 16.3 Å². The van der Waals surface area contributed by atoms with Crippen molar-refractivity contribution in [1.29, 1.82) is 0 Å². The van der Waals surface area contributed by atoms with E-state index in [1.54, 1.807) is 42.7 Å². The average Bonchev–Trinajstić information content (AvgIpc) is 3.18. The molecule has 9 heteroatoms. The van der Waals surface area contributed by atoms with Gasteiger partial charge < -0.3 is 4.90 Å². The number of fused-ring (bicyclic) bond motifs is 1. The summed E-state index contributed by atoms with van der Waals surface area (Å²) in [5.41, 5.74) is 2.25. The van der Waals surface area contributed by atoms with Gasteiger partial charge in [0.15, 0.2) is 15.5 Å². The number of carbonyl (C=O) groups excluding carboxylic acids is 1. The van der Waals surface area contributed by atoms with Gasteiger partial charge in [-0.1, -0.05) is 18.2 Å². The Kier molecular flexibility index (Phi) is 5.57. The van der Waals surface area contributed by atoms with Crippen molar-refractivity contribution in [1.82, 2.24) is 25.1 Å². The monoisotopic (exact) mass is 413 g/mol. The van der Waals surface area contributed by atoms with Gasteiger partial charge in [0, 0.05) is 37.8 Å². The van der Waals surface area contributed by atoms with E-state index in [1.807, 2.05) is 4.90 Å². The fourth-order valence-electron chi connectivity index (χ4n) is 3.81. The van der Waals surface area contributed by atoms with E-state index in [9.17, 15) is 13.2 Å². The molecule has 29 heavy (non-hydrogen) atoms. The molecule has 0 bridgehead atoms. The Balaban J connectivity index is 1.35. The maximum Gasteiger partial charge on any atom is 0.222 e. The topological polar surface area (TPSA) is 109 Å². The van der Waals surface area contributed by atoms with Crippen molar-refractivity contribution in [3.63, 3.8) is 0 Å². The maximum atomic E-state index is 12.7. The lowest BCUT2D eigenvalue weighted by Crippen LogP contribution is -2.39. The number of likely N-dealkylation sites (tertiary alicyclic amines) is 1. The van der Waals surface area contributed by atoms with Crippen LogP contribution in [-0.2, 0) is 14.6 Å². The van der Waals surface area contributed by atoms with Gasteiger partial charge in [-0.2, -0.15) is 5.10 Å². The van der Waals surface area contributed by atoms with Crippen LogP contribution < -0.4 is 0 Å². The van der Waals surface area contributed by atoms with Crippen LogP contribution in [0.1, 0.15) is 37.3 Å². The molecule has 1 aliphatic rings. The van der Waals surface area contributed by atoms with Crippen LogP contribution in [0.5, 0.6) is 0 Å². The first kappa shape index (κ1) is 19.5. The van der Waals surface area contributed by atoms with E-state index >= 15 is 0 Å². The largest absolute Gasteiger partial charge is 0.342 e. The fourth-order valence-corrected chi connectivity index (χ4v) is 5.14. The van der Waals surface area contributed by atoms with Crippen LogP contribution in [0.15, 0.2) is 47.6 Å². The number of hydrogen-bond donors (Lipinski definition) is 1. The summed E-state index contributed by atoms with van der Waals surface area (Å²) in [4.78, 5) is 23.4. The molecule has 0 saturated carbocycles. The van der Waals surface area contributed by atoms with Crippen molar-refractivity contribution in [2.45, 2.75) is 36.5 Å². The predicted molar refractivity (Wildman–Crippen MR) is 108 cm³/mol. The van der Waals surface area contributed by atoms with E-state index in [0.29, 0.717) is 30.1 Å². The molecule has 1 amide bonds. The van der Waals surface area contributed by atoms with Crippen LogP contribution in [0.3, 0.4) is 0 Å². The van der Waals surface area contributed by atoms with Crippen LogP contribution in [0.25, 0.3) is 11.2 Å². The first-order valence-corrected chi connectivity index (χ1v) is 11.4. The zero-order valence-electron chi connectivity index (χ0n) is 16.0. The second-order valence-corrected chi connectivity index (χ2v) is 9.39. The number of carbonyl (C=O) groups is 1. The Bertz CT molecular complexity index is 1100. The van der Waals surface area contributed by atoms with Crippen molar-refractivity contribution in [2.24, 2.45) is 0 Å². The number of piperidine rings is 1. The minimum absolute atomic E-state index is 0.00660. The minimum Gasteiger partial charge on any atom is -0.342 e. The fraction of sp³-hybridized carbons (Fsp3) is 0.400. The van der Waals surface area contributed by atoms with Crippen molar-refractivity contribution in [3.8, 4) is 0 Å². The smallest absolute Gasteiger partial charge is 0.222 e. The highest BCUT2D eigenvalue weighted by Crippen LogP contribution is 2.29. The van der Waals surface area contributed by atoms with Gasteiger partial charge in [-0.15, -0.1) is 0 Å². The molecule has 152 valence electrons. The molecule has 1 atom stereocenters. The van der Waals surface area contributed by atoms with Gasteiger partial charge in [0.25, 0.3) is 0 Å². The SMILES string of the molecule is O=C(CCCS(=O)(=O)c1ccccc1)N1CCC[C@@H](c2[nH]nc3nccnc23)C1. The highest BCUT2D eigenvalue weighted by Gasteiger charge is 2.28. The molecule has 8 nitrogen and oxygen atoms in total. The molecule has 0 aliphatic carbocycles. The second-order valence-electron chi connectivity index (χ2n) is 7.28. The van der Waals surface area contributed by atoms with Gasteiger partial charge in [-0.25, -0.2) is 18.4 Å². The summed E-state index contributed by atoms with van der Waals surface area (Å²) in [5.74, 6) is 0.0937. The highest BCUT2D eigenvalue weighted by atomic mass is 32.2. The lowest BCUT2D eigenvalue weighted by Gasteiger charge is -2.32. The van der Waals surface area contributed by atoms with Crippen LogP contribution in [0, 0.1) is 0 Å². The first-order valence-electron chi connectivity index (χ1n) is 9.75. The Hall–Kier alpha value is -2.81. The van der Waals surface area contributed by atoms with E-state index in [0.717, 1.165) is 24.1 Å². The molecule has 4 rings (SSSR count). The Labute approximate surface area is 169 Å². The summed E-state index contributed by atoms with van der Waals surface area (Å²) in [6.45, 7) is 1.27. The summed E-state index contributed by atoms with van der Waals surface area (Å²) in [5, 5.41) is 7.23. The highest BCUT2D eigenvalue weighted by molar-refractivity contribution is 7.91. The minimum atomic E-state index is -3.36. The Morgan fingerprint density at radius 2 is 1.97 bits per heavy atom. The predicted octanol–water partition coefficient (Wildman–Crippen LogP) is 2.31. The average molecular weight is 414 g/mol. The molecule has 1 saturated heterocycles. The van der Waals surface area contributed by atoms with Crippen molar-refractivity contribution < 1.29 is 13.2 Å².